The van der Waals surface area contributed by atoms with Crippen LogP contribution in [0.4, 0.5) is 11.4 Å². The summed E-state index contributed by atoms with van der Waals surface area (Å²) in [7, 11) is 0. The SMILES string of the molecule is Nc1c(Cl)cc(NC(=O)CCCc2nc(-c3ccc(Cl)cc3)no2)cc1Cl. The second-order valence-electron chi connectivity index (χ2n) is 5.77. The molecule has 0 saturated carbocycles. The fourth-order valence-electron chi connectivity index (χ4n) is 2.35. The van der Waals surface area contributed by atoms with E-state index in [1.54, 1.807) is 24.3 Å². The Morgan fingerprint density at radius 2 is 1.78 bits per heavy atom. The number of amides is 1. The molecule has 0 radical (unpaired) electrons. The fraction of sp³-hybridized carbons (Fsp3) is 0.167. The number of hydrogen-bond acceptors (Lipinski definition) is 5. The molecule has 140 valence electrons. The number of carbonyl (C=O) groups is 1. The Labute approximate surface area is 170 Å². The van der Waals surface area contributed by atoms with Crippen molar-refractivity contribution in [2.75, 3.05) is 11.1 Å². The fourth-order valence-corrected chi connectivity index (χ4v) is 2.97. The van der Waals surface area contributed by atoms with Crippen molar-refractivity contribution in [2.24, 2.45) is 0 Å². The Kier molecular flexibility index (Phi) is 6.21. The molecular formula is C18H15Cl3N4O2. The number of nitrogens with zero attached hydrogens (tertiary/aromatic N) is 2. The van der Waals surface area contributed by atoms with Crippen molar-refractivity contribution < 1.29 is 9.32 Å². The number of carbonyl (C=O) groups excluding carboxylic acids is 1. The number of halogens is 3. The first kappa shape index (κ1) is 19.5. The summed E-state index contributed by atoms with van der Waals surface area (Å²) in [6, 6.07) is 10.2. The maximum absolute atomic E-state index is 12.1. The van der Waals surface area contributed by atoms with Gasteiger partial charge in [-0.2, -0.15) is 4.98 Å². The van der Waals surface area contributed by atoms with E-state index in [9.17, 15) is 4.79 Å². The molecule has 0 bridgehead atoms. The number of rotatable bonds is 6. The van der Waals surface area contributed by atoms with E-state index in [1.165, 1.54) is 0 Å². The molecule has 3 aromatic rings. The molecule has 0 fully saturated rings. The number of benzene rings is 2. The van der Waals surface area contributed by atoms with Crippen LogP contribution in [0.1, 0.15) is 18.7 Å². The molecule has 6 nitrogen and oxygen atoms in total. The monoisotopic (exact) mass is 424 g/mol. The molecule has 1 heterocycles. The van der Waals surface area contributed by atoms with E-state index < -0.39 is 0 Å². The number of nitrogen functional groups attached to an aromatic ring is 1. The van der Waals surface area contributed by atoms with Crippen molar-refractivity contribution in [3.8, 4) is 11.4 Å². The minimum absolute atomic E-state index is 0.177. The lowest BCUT2D eigenvalue weighted by Gasteiger charge is -2.08. The van der Waals surface area contributed by atoms with Gasteiger partial charge < -0.3 is 15.6 Å². The van der Waals surface area contributed by atoms with Crippen molar-refractivity contribution in [1.29, 1.82) is 0 Å². The van der Waals surface area contributed by atoms with E-state index in [1.807, 2.05) is 12.1 Å². The average molecular weight is 426 g/mol. The van der Waals surface area contributed by atoms with Crippen LogP contribution in [0.3, 0.4) is 0 Å². The first-order valence-corrected chi connectivity index (χ1v) is 9.18. The maximum Gasteiger partial charge on any atom is 0.226 e. The summed E-state index contributed by atoms with van der Waals surface area (Å²) < 4.78 is 5.22. The highest BCUT2D eigenvalue weighted by Crippen LogP contribution is 2.31. The number of nitrogens with one attached hydrogen (secondary N) is 1. The molecule has 1 amide bonds. The summed E-state index contributed by atoms with van der Waals surface area (Å²) in [6.07, 6.45) is 1.31. The van der Waals surface area contributed by atoms with Crippen LogP contribution in [0.25, 0.3) is 11.4 Å². The predicted molar refractivity (Wildman–Crippen MR) is 107 cm³/mol. The molecule has 0 atom stereocenters. The largest absolute Gasteiger partial charge is 0.396 e. The van der Waals surface area contributed by atoms with Crippen molar-refractivity contribution >= 4 is 52.1 Å². The molecule has 9 heteroatoms. The zero-order chi connectivity index (χ0) is 19.4. The first-order valence-electron chi connectivity index (χ1n) is 8.05. The Hall–Kier alpha value is -2.28. The topological polar surface area (TPSA) is 94.0 Å². The summed E-state index contributed by atoms with van der Waals surface area (Å²) in [5.74, 6) is 0.771. The van der Waals surface area contributed by atoms with Gasteiger partial charge in [0.25, 0.3) is 0 Å². The van der Waals surface area contributed by atoms with Crippen LogP contribution in [0.5, 0.6) is 0 Å². The molecule has 1 aromatic heterocycles. The highest BCUT2D eigenvalue weighted by atomic mass is 35.5. The zero-order valence-corrected chi connectivity index (χ0v) is 16.3. The molecule has 0 aliphatic carbocycles. The Balaban J connectivity index is 1.51. The van der Waals surface area contributed by atoms with E-state index in [4.69, 9.17) is 45.1 Å². The van der Waals surface area contributed by atoms with E-state index in [2.05, 4.69) is 15.5 Å². The van der Waals surface area contributed by atoms with Crippen LogP contribution < -0.4 is 11.1 Å². The third kappa shape index (κ3) is 5.13. The van der Waals surface area contributed by atoms with Gasteiger partial charge in [0.2, 0.25) is 17.6 Å². The summed E-state index contributed by atoms with van der Waals surface area (Å²) >= 11 is 17.8. The number of nitrogens with two attached hydrogens (primary N) is 1. The summed E-state index contributed by atoms with van der Waals surface area (Å²) in [4.78, 5) is 16.4. The van der Waals surface area contributed by atoms with Gasteiger partial charge in [0.1, 0.15) is 0 Å². The lowest BCUT2D eigenvalue weighted by Crippen LogP contribution is -2.11. The summed E-state index contributed by atoms with van der Waals surface area (Å²) in [5.41, 5.74) is 7.25. The van der Waals surface area contributed by atoms with Crippen LogP contribution in [0.15, 0.2) is 40.9 Å². The van der Waals surface area contributed by atoms with E-state index in [-0.39, 0.29) is 18.0 Å². The van der Waals surface area contributed by atoms with Crippen LogP contribution in [0.2, 0.25) is 15.1 Å². The van der Waals surface area contributed by atoms with Gasteiger partial charge in [0.15, 0.2) is 0 Å². The molecule has 0 saturated heterocycles. The Bertz CT molecular complexity index is 934. The number of hydrogen-bond donors (Lipinski definition) is 2. The van der Waals surface area contributed by atoms with Gasteiger partial charge in [-0.25, -0.2) is 0 Å². The predicted octanol–water partition coefficient (Wildman–Crippen LogP) is 5.24. The Morgan fingerprint density at radius 1 is 1.11 bits per heavy atom. The van der Waals surface area contributed by atoms with Crippen LogP contribution in [-0.4, -0.2) is 16.0 Å². The summed E-state index contributed by atoms with van der Waals surface area (Å²) in [6.45, 7) is 0. The molecule has 3 rings (SSSR count). The minimum Gasteiger partial charge on any atom is -0.396 e. The van der Waals surface area contributed by atoms with Gasteiger partial charge in [-0.15, -0.1) is 0 Å². The van der Waals surface area contributed by atoms with Crippen molar-refractivity contribution in [2.45, 2.75) is 19.3 Å². The van der Waals surface area contributed by atoms with E-state index in [0.29, 0.717) is 45.3 Å². The Morgan fingerprint density at radius 3 is 2.44 bits per heavy atom. The zero-order valence-electron chi connectivity index (χ0n) is 14.0. The number of aryl methyl sites for hydroxylation is 1. The van der Waals surface area contributed by atoms with Gasteiger partial charge in [0.05, 0.1) is 15.7 Å². The molecular weight excluding hydrogens is 411 g/mol. The van der Waals surface area contributed by atoms with Crippen molar-refractivity contribution in [3.05, 3.63) is 57.4 Å². The molecule has 0 aliphatic heterocycles. The number of anilines is 2. The van der Waals surface area contributed by atoms with Gasteiger partial charge in [0, 0.05) is 29.1 Å². The molecule has 0 aliphatic rings. The standard InChI is InChI=1S/C18H15Cl3N4O2/c19-11-6-4-10(5-7-11)18-24-16(27-25-18)3-1-2-15(26)23-12-8-13(20)17(22)14(21)9-12/h4-9H,1-3,22H2,(H,23,26). The lowest BCUT2D eigenvalue weighted by atomic mass is 10.2. The molecule has 2 aromatic carbocycles. The van der Waals surface area contributed by atoms with Gasteiger partial charge in [-0.3, -0.25) is 4.79 Å². The van der Waals surface area contributed by atoms with Gasteiger partial charge >= 0.3 is 0 Å². The third-order valence-electron chi connectivity index (χ3n) is 3.73. The lowest BCUT2D eigenvalue weighted by molar-refractivity contribution is -0.116. The van der Waals surface area contributed by atoms with Crippen LogP contribution in [-0.2, 0) is 11.2 Å². The van der Waals surface area contributed by atoms with E-state index in [0.717, 1.165) is 5.56 Å². The summed E-state index contributed by atoms with van der Waals surface area (Å²) in [5, 5.41) is 7.89. The van der Waals surface area contributed by atoms with Crippen LogP contribution >= 0.6 is 34.8 Å². The highest BCUT2D eigenvalue weighted by Gasteiger charge is 2.11. The molecule has 27 heavy (non-hydrogen) atoms. The van der Waals surface area contributed by atoms with Gasteiger partial charge in [-0.05, 0) is 42.8 Å². The van der Waals surface area contributed by atoms with Crippen molar-refractivity contribution in [3.63, 3.8) is 0 Å². The first-order chi connectivity index (χ1) is 12.9. The molecule has 0 unspecified atom stereocenters. The maximum atomic E-state index is 12.1. The minimum atomic E-state index is -0.177. The van der Waals surface area contributed by atoms with Crippen molar-refractivity contribution in [1.82, 2.24) is 10.1 Å². The smallest absolute Gasteiger partial charge is 0.226 e. The molecule has 0 spiro atoms. The second-order valence-corrected chi connectivity index (χ2v) is 7.02. The normalized spacial score (nSPS) is 10.8. The van der Waals surface area contributed by atoms with Crippen LogP contribution in [0, 0.1) is 0 Å². The highest BCUT2D eigenvalue weighted by molar-refractivity contribution is 6.39. The molecule has 3 N–H and O–H groups in total. The quantitative estimate of drug-likeness (QED) is 0.527. The van der Waals surface area contributed by atoms with Gasteiger partial charge in [-0.1, -0.05) is 40.0 Å². The third-order valence-corrected chi connectivity index (χ3v) is 4.61. The average Bonchev–Trinajstić information content (AvgIpc) is 3.09. The number of aromatic nitrogens is 2. The second kappa shape index (κ2) is 8.61. The van der Waals surface area contributed by atoms with E-state index >= 15 is 0 Å².